The molecule has 4 aliphatic rings. The highest BCUT2D eigenvalue weighted by Crippen LogP contribution is 2.60. The van der Waals surface area contributed by atoms with Gasteiger partial charge in [0.2, 0.25) is 11.8 Å². The number of hydrogen-bond acceptors (Lipinski definition) is 3. The number of benzene rings is 1. The van der Waals surface area contributed by atoms with Crippen molar-refractivity contribution in [2.45, 2.75) is 45.1 Å². The fourth-order valence-corrected chi connectivity index (χ4v) is 6.04. The first-order valence-electron chi connectivity index (χ1n) is 10.1. The molecule has 146 valence electrons. The highest BCUT2D eigenvalue weighted by Gasteiger charge is 2.54. The number of hydrogen-bond donors (Lipinski definition) is 1. The summed E-state index contributed by atoms with van der Waals surface area (Å²) in [6.07, 6.45) is 7.01. The third-order valence-corrected chi connectivity index (χ3v) is 6.95. The Balaban J connectivity index is 1.33. The van der Waals surface area contributed by atoms with E-state index in [0.717, 1.165) is 48.3 Å². The van der Waals surface area contributed by atoms with E-state index in [2.05, 4.69) is 5.32 Å². The monoisotopic (exact) mass is 370 g/mol. The Morgan fingerprint density at radius 3 is 2.30 bits per heavy atom. The summed E-state index contributed by atoms with van der Waals surface area (Å²) in [6.45, 7) is 0.544. The van der Waals surface area contributed by atoms with Gasteiger partial charge in [-0.2, -0.15) is 0 Å². The van der Waals surface area contributed by atoms with Crippen LogP contribution in [0.5, 0.6) is 5.75 Å². The first-order valence-corrected chi connectivity index (χ1v) is 10.1. The molecule has 4 saturated carbocycles. The molecule has 0 aromatic heterocycles. The maximum absolute atomic E-state index is 13.0. The van der Waals surface area contributed by atoms with Crippen LogP contribution in [0.15, 0.2) is 24.3 Å². The van der Waals surface area contributed by atoms with Gasteiger partial charge in [-0.1, -0.05) is 18.2 Å². The number of nitrogens with zero attached hydrogens (tertiary/aromatic N) is 1. The minimum atomic E-state index is -0.198. The molecular weight excluding hydrogens is 340 g/mol. The van der Waals surface area contributed by atoms with Crippen LogP contribution in [0.2, 0.25) is 0 Å². The van der Waals surface area contributed by atoms with Crippen LogP contribution in [-0.2, 0) is 16.1 Å². The summed E-state index contributed by atoms with van der Waals surface area (Å²) in [5, 5.41) is 2.97. The number of rotatable bonds is 6. The maximum Gasteiger partial charge on any atom is 0.242 e. The number of carbonyl (C=O) groups excluding carboxylic acids is 2. The topological polar surface area (TPSA) is 58.6 Å². The third kappa shape index (κ3) is 3.56. The van der Waals surface area contributed by atoms with Crippen molar-refractivity contribution >= 4 is 11.8 Å². The minimum Gasteiger partial charge on any atom is -0.496 e. The number of ether oxygens (including phenoxy) is 1. The first kappa shape index (κ1) is 18.3. The minimum absolute atomic E-state index is 0.0704. The van der Waals surface area contributed by atoms with Gasteiger partial charge in [0.25, 0.3) is 0 Å². The van der Waals surface area contributed by atoms with E-state index in [4.69, 9.17) is 4.74 Å². The molecule has 0 aliphatic heterocycles. The van der Waals surface area contributed by atoms with Gasteiger partial charge < -0.3 is 15.0 Å². The van der Waals surface area contributed by atoms with Crippen molar-refractivity contribution in [3.8, 4) is 5.75 Å². The van der Waals surface area contributed by atoms with E-state index < -0.39 is 0 Å². The summed E-state index contributed by atoms with van der Waals surface area (Å²) in [7, 11) is 3.40. The molecule has 1 aromatic rings. The van der Waals surface area contributed by atoms with E-state index >= 15 is 0 Å². The fraction of sp³-hybridized carbons (Fsp3) is 0.636. The molecule has 27 heavy (non-hydrogen) atoms. The molecule has 5 nitrogen and oxygen atoms in total. The number of para-hydroxylation sites is 1. The number of amides is 2. The third-order valence-electron chi connectivity index (χ3n) is 6.95. The molecule has 0 heterocycles. The Bertz CT molecular complexity index is 695. The van der Waals surface area contributed by atoms with E-state index in [0.29, 0.717) is 6.54 Å². The number of likely N-dealkylation sites (N-methyl/N-ethyl adjacent to an activating group) is 1. The van der Waals surface area contributed by atoms with Crippen molar-refractivity contribution in [2.75, 3.05) is 20.7 Å². The number of methoxy groups -OCH3 is 1. The fourth-order valence-electron chi connectivity index (χ4n) is 6.04. The van der Waals surface area contributed by atoms with Crippen LogP contribution in [-0.4, -0.2) is 37.4 Å². The van der Waals surface area contributed by atoms with Gasteiger partial charge >= 0.3 is 0 Å². The van der Waals surface area contributed by atoms with Crippen molar-refractivity contribution < 1.29 is 14.3 Å². The predicted molar refractivity (Wildman–Crippen MR) is 103 cm³/mol. The molecular formula is C22H30N2O3. The van der Waals surface area contributed by atoms with Crippen molar-refractivity contribution in [3.05, 3.63) is 29.8 Å². The Morgan fingerprint density at radius 2 is 1.70 bits per heavy atom. The largest absolute Gasteiger partial charge is 0.496 e. The zero-order valence-corrected chi connectivity index (χ0v) is 16.4. The van der Waals surface area contributed by atoms with Crippen LogP contribution in [0.3, 0.4) is 0 Å². The van der Waals surface area contributed by atoms with Gasteiger partial charge in [0.1, 0.15) is 5.75 Å². The molecule has 1 N–H and O–H groups in total. The van der Waals surface area contributed by atoms with Gasteiger partial charge in [0.05, 0.1) is 13.7 Å². The normalized spacial score (nSPS) is 30.8. The highest BCUT2D eigenvalue weighted by atomic mass is 16.5. The molecule has 4 bridgehead atoms. The summed E-state index contributed by atoms with van der Waals surface area (Å²) >= 11 is 0. The molecule has 5 rings (SSSR count). The lowest BCUT2D eigenvalue weighted by atomic mass is 9.49. The van der Waals surface area contributed by atoms with Crippen LogP contribution in [0.25, 0.3) is 0 Å². The van der Waals surface area contributed by atoms with E-state index in [1.54, 1.807) is 19.1 Å². The molecule has 1 aromatic carbocycles. The van der Waals surface area contributed by atoms with Crippen molar-refractivity contribution in [3.63, 3.8) is 0 Å². The molecule has 2 amide bonds. The molecule has 0 radical (unpaired) electrons. The van der Waals surface area contributed by atoms with Crippen LogP contribution < -0.4 is 10.1 Å². The summed E-state index contributed by atoms with van der Waals surface area (Å²) in [5.41, 5.74) is 0.763. The standard InChI is InChI=1S/C22H30N2O3/c1-24(14-18-5-3-4-6-19(18)27-2)20(25)13-23-21(26)22-10-15-7-16(11-22)9-17(8-15)12-22/h3-6,15-17H,7-14H2,1-2H3,(H,23,26). The van der Waals surface area contributed by atoms with E-state index in [9.17, 15) is 9.59 Å². The second kappa shape index (κ2) is 7.17. The van der Waals surface area contributed by atoms with E-state index in [1.807, 2.05) is 24.3 Å². The second-order valence-electron chi connectivity index (χ2n) is 8.94. The zero-order chi connectivity index (χ0) is 19.0. The molecule has 0 atom stereocenters. The SMILES string of the molecule is COc1ccccc1CN(C)C(=O)CNC(=O)C12CC3CC(CC(C3)C1)C2. The first-order chi connectivity index (χ1) is 13.0. The van der Waals surface area contributed by atoms with Gasteiger partial charge in [-0.3, -0.25) is 9.59 Å². The smallest absolute Gasteiger partial charge is 0.242 e. The second-order valence-corrected chi connectivity index (χ2v) is 8.94. The maximum atomic E-state index is 13.0. The number of carbonyl (C=O) groups is 2. The number of nitrogens with one attached hydrogen (secondary N) is 1. The highest BCUT2D eigenvalue weighted by molar-refractivity contribution is 5.88. The van der Waals surface area contributed by atoms with Crippen molar-refractivity contribution in [1.82, 2.24) is 10.2 Å². The van der Waals surface area contributed by atoms with Crippen LogP contribution in [0.4, 0.5) is 0 Å². The molecule has 0 spiro atoms. The van der Waals surface area contributed by atoms with Crippen LogP contribution >= 0.6 is 0 Å². The quantitative estimate of drug-likeness (QED) is 0.837. The summed E-state index contributed by atoms with van der Waals surface area (Å²) < 4.78 is 5.35. The Morgan fingerprint density at radius 1 is 1.11 bits per heavy atom. The van der Waals surface area contributed by atoms with Crippen molar-refractivity contribution in [2.24, 2.45) is 23.2 Å². The van der Waals surface area contributed by atoms with Crippen LogP contribution in [0, 0.1) is 23.2 Å². The zero-order valence-electron chi connectivity index (χ0n) is 16.4. The lowest BCUT2D eigenvalue weighted by Crippen LogP contribution is -2.54. The Labute approximate surface area is 161 Å². The van der Waals surface area contributed by atoms with Gasteiger partial charge in [0, 0.05) is 24.6 Å². The molecule has 4 fully saturated rings. The van der Waals surface area contributed by atoms with Gasteiger partial charge in [0.15, 0.2) is 0 Å². The predicted octanol–water partition coefficient (Wildman–Crippen LogP) is 2.99. The lowest BCUT2D eigenvalue weighted by molar-refractivity contribution is -0.147. The van der Waals surface area contributed by atoms with Crippen LogP contribution in [0.1, 0.15) is 44.1 Å². The van der Waals surface area contributed by atoms with Gasteiger partial charge in [-0.15, -0.1) is 0 Å². The summed E-state index contributed by atoms with van der Waals surface area (Å²) in [5.74, 6) is 3.00. The average Bonchev–Trinajstić information content (AvgIpc) is 2.65. The summed E-state index contributed by atoms with van der Waals surface area (Å²) in [4.78, 5) is 27.2. The average molecular weight is 370 g/mol. The molecule has 5 heteroatoms. The van der Waals surface area contributed by atoms with Gasteiger partial charge in [-0.05, 0) is 62.3 Å². The summed E-state index contributed by atoms with van der Waals surface area (Å²) in [6, 6.07) is 7.69. The lowest BCUT2D eigenvalue weighted by Gasteiger charge is -2.55. The van der Waals surface area contributed by atoms with Gasteiger partial charge in [-0.25, -0.2) is 0 Å². The Kier molecular flexibility index (Phi) is 4.87. The van der Waals surface area contributed by atoms with Crippen molar-refractivity contribution in [1.29, 1.82) is 0 Å². The molecule has 0 unspecified atom stereocenters. The Hall–Kier alpha value is -2.04. The van der Waals surface area contributed by atoms with E-state index in [1.165, 1.54) is 19.3 Å². The molecule has 0 saturated heterocycles. The van der Waals surface area contributed by atoms with E-state index in [-0.39, 0.29) is 23.8 Å². The molecule has 4 aliphatic carbocycles.